The number of carbonyl (C=O) groups is 2. The fourth-order valence-electron chi connectivity index (χ4n) is 1.38. The number of H-pyrrole nitrogens is 1. The van der Waals surface area contributed by atoms with Crippen molar-refractivity contribution in [1.29, 1.82) is 0 Å². The van der Waals surface area contributed by atoms with Gasteiger partial charge in [0.15, 0.2) is 6.61 Å². The SMILES string of the molecule is NC(=O)COc1ccc(C(=O)Nc2cn[nH]c2)cc1. The molecule has 0 aliphatic carbocycles. The molecule has 0 radical (unpaired) electrons. The first-order valence-electron chi connectivity index (χ1n) is 5.46. The highest BCUT2D eigenvalue weighted by molar-refractivity contribution is 6.04. The average molecular weight is 260 g/mol. The van der Waals surface area contributed by atoms with Gasteiger partial charge in [-0.05, 0) is 24.3 Å². The summed E-state index contributed by atoms with van der Waals surface area (Å²) in [6.45, 7) is -0.194. The molecule has 19 heavy (non-hydrogen) atoms. The average Bonchev–Trinajstić information content (AvgIpc) is 2.89. The highest BCUT2D eigenvalue weighted by atomic mass is 16.5. The summed E-state index contributed by atoms with van der Waals surface area (Å²) in [5.74, 6) is -0.344. The predicted octanol–water partition coefficient (Wildman–Crippen LogP) is 0.526. The second kappa shape index (κ2) is 5.67. The first-order chi connectivity index (χ1) is 9.15. The number of carbonyl (C=O) groups excluding carboxylic acids is 2. The van der Waals surface area contributed by atoms with E-state index in [1.54, 1.807) is 30.5 Å². The van der Waals surface area contributed by atoms with E-state index in [0.29, 0.717) is 17.0 Å². The lowest BCUT2D eigenvalue weighted by molar-refractivity contribution is -0.119. The molecule has 0 aliphatic rings. The first kappa shape index (κ1) is 12.6. The van der Waals surface area contributed by atoms with Crippen molar-refractivity contribution in [2.24, 2.45) is 5.73 Å². The Hall–Kier alpha value is -2.83. The van der Waals surface area contributed by atoms with E-state index in [1.807, 2.05) is 0 Å². The van der Waals surface area contributed by atoms with Crippen molar-refractivity contribution < 1.29 is 14.3 Å². The number of hydrogen-bond acceptors (Lipinski definition) is 4. The van der Waals surface area contributed by atoms with Crippen molar-refractivity contribution in [1.82, 2.24) is 10.2 Å². The van der Waals surface area contributed by atoms with Gasteiger partial charge in [-0.2, -0.15) is 5.10 Å². The molecule has 0 saturated heterocycles. The lowest BCUT2D eigenvalue weighted by Gasteiger charge is -2.05. The third-order valence-electron chi connectivity index (χ3n) is 2.25. The van der Waals surface area contributed by atoms with E-state index in [2.05, 4.69) is 15.5 Å². The van der Waals surface area contributed by atoms with Gasteiger partial charge in [-0.25, -0.2) is 0 Å². The van der Waals surface area contributed by atoms with Crippen LogP contribution >= 0.6 is 0 Å². The fraction of sp³-hybridized carbons (Fsp3) is 0.0833. The molecule has 1 aromatic heterocycles. The molecule has 7 heteroatoms. The number of ether oxygens (including phenoxy) is 1. The summed E-state index contributed by atoms with van der Waals surface area (Å²) in [4.78, 5) is 22.4. The molecule has 1 heterocycles. The Morgan fingerprint density at radius 3 is 2.63 bits per heavy atom. The number of rotatable bonds is 5. The van der Waals surface area contributed by atoms with Crippen LogP contribution in [0.5, 0.6) is 5.75 Å². The Kier molecular flexibility index (Phi) is 3.77. The lowest BCUT2D eigenvalue weighted by atomic mass is 10.2. The van der Waals surface area contributed by atoms with Crippen LogP contribution in [0.1, 0.15) is 10.4 Å². The Labute approximate surface area is 108 Å². The van der Waals surface area contributed by atoms with Gasteiger partial charge < -0.3 is 15.8 Å². The number of nitrogens with two attached hydrogens (primary N) is 1. The Morgan fingerprint density at radius 2 is 2.05 bits per heavy atom. The summed E-state index contributed by atoms with van der Waals surface area (Å²) in [6, 6.07) is 6.36. The van der Waals surface area contributed by atoms with Gasteiger partial charge in [0.2, 0.25) is 0 Å². The van der Waals surface area contributed by atoms with Crippen molar-refractivity contribution in [3.05, 3.63) is 42.2 Å². The first-order valence-corrected chi connectivity index (χ1v) is 5.46. The van der Waals surface area contributed by atoms with Gasteiger partial charge in [0, 0.05) is 11.8 Å². The molecule has 0 spiro atoms. The lowest BCUT2D eigenvalue weighted by Crippen LogP contribution is -2.20. The van der Waals surface area contributed by atoms with E-state index < -0.39 is 5.91 Å². The van der Waals surface area contributed by atoms with Crippen LogP contribution in [0.15, 0.2) is 36.7 Å². The highest BCUT2D eigenvalue weighted by Gasteiger charge is 2.07. The number of nitrogens with zero attached hydrogens (tertiary/aromatic N) is 1. The van der Waals surface area contributed by atoms with Crippen molar-refractivity contribution in [2.75, 3.05) is 11.9 Å². The molecule has 2 amide bonds. The minimum atomic E-state index is -0.554. The van der Waals surface area contributed by atoms with Gasteiger partial charge in [0.05, 0.1) is 11.9 Å². The molecule has 0 aliphatic heterocycles. The van der Waals surface area contributed by atoms with Crippen LogP contribution in [0.3, 0.4) is 0 Å². The number of primary amides is 1. The Morgan fingerprint density at radius 1 is 1.32 bits per heavy atom. The number of anilines is 1. The van der Waals surface area contributed by atoms with Crippen molar-refractivity contribution in [2.45, 2.75) is 0 Å². The van der Waals surface area contributed by atoms with Crippen LogP contribution in [0.4, 0.5) is 5.69 Å². The van der Waals surface area contributed by atoms with E-state index in [4.69, 9.17) is 10.5 Å². The maximum Gasteiger partial charge on any atom is 0.255 e. The van der Waals surface area contributed by atoms with E-state index >= 15 is 0 Å². The summed E-state index contributed by atoms with van der Waals surface area (Å²) < 4.78 is 5.09. The predicted molar refractivity (Wildman–Crippen MR) is 67.7 cm³/mol. The quantitative estimate of drug-likeness (QED) is 0.728. The molecule has 0 bridgehead atoms. The molecule has 1 aromatic carbocycles. The molecule has 0 atom stereocenters. The van der Waals surface area contributed by atoms with Gasteiger partial charge >= 0.3 is 0 Å². The second-order valence-electron chi connectivity index (χ2n) is 3.72. The van der Waals surface area contributed by atoms with Crippen LogP contribution in [-0.2, 0) is 4.79 Å². The molecular formula is C12H12N4O3. The number of nitrogens with one attached hydrogen (secondary N) is 2. The van der Waals surface area contributed by atoms with Crippen LogP contribution in [-0.4, -0.2) is 28.6 Å². The minimum absolute atomic E-state index is 0.194. The van der Waals surface area contributed by atoms with Gasteiger partial charge in [-0.3, -0.25) is 14.7 Å². The standard InChI is InChI=1S/C12H12N4O3/c13-11(17)7-19-10-3-1-8(2-4-10)12(18)16-9-5-14-15-6-9/h1-6H,7H2,(H2,13,17)(H,14,15)(H,16,18). The van der Waals surface area contributed by atoms with E-state index in [-0.39, 0.29) is 12.5 Å². The summed E-state index contributed by atoms with van der Waals surface area (Å²) in [6.07, 6.45) is 3.07. The molecule has 4 N–H and O–H groups in total. The summed E-state index contributed by atoms with van der Waals surface area (Å²) in [5, 5.41) is 8.98. The van der Waals surface area contributed by atoms with Crippen molar-refractivity contribution in [3.63, 3.8) is 0 Å². The molecule has 0 saturated carbocycles. The number of hydrogen-bond donors (Lipinski definition) is 3. The zero-order chi connectivity index (χ0) is 13.7. The van der Waals surface area contributed by atoms with Gasteiger partial charge in [0.25, 0.3) is 11.8 Å². The molecular weight excluding hydrogens is 248 g/mol. The minimum Gasteiger partial charge on any atom is -0.484 e. The monoisotopic (exact) mass is 260 g/mol. The zero-order valence-electron chi connectivity index (χ0n) is 9.92. The fourth-order valence-corrected chi connectivity index (χ4v) is 1.38. The number of aromatic amines is 1. The van der Waals surface area contributed by atoms with E-state index in [9.17, 15) is 9.59 Å². The number of amides is 2. The normalized spacial score (nSPS) is 9.89. The summed E-state index contributed by atoms with van der Waals surface area (Å²) in [5.41, 5.74) is 6.01. The number of aromatic nitrogens is 2. The largest absolute Gasteiger partial charge is 0.484 e. The summed E-state index contributed by atoms with van der Waals surface area (Å²) >= 11 is 0. The topological polar surface area (TPSA) is 110 Å². The highest BCUT2D eigenvalue weighted by Crippen LogP contribution is 2.13. The maximum absolute atomic E-state index is 11.8. The van der Waals surface area contributed by atoms with Crippen LogP contribution in [0.2, 0.25) is 0 Å². The zero-order valence-corrected chi connectivity index (χ0v) is 9.92. The number of benzene rings is 1. The third-order valence-corrected chi connectivity index (χ3v) is 2.25. The molecule has 98 valence electrons. The van der Waals surface area contributed by atoms with Crippen molar-refractivity contribution >= 4 is 17.5 Å². The molecule has 0 fully saturated rings. The van der Waals surface area contributed by atoms with E-state index in [1.165, 1.54) is 6.20 Å². The Balaban J connectivity index is 1.97. The van der Waals surface area contributed by atoms with E-state index in [0.717, 1.165) is 0 Å². The van der Waals surface area contributed by atoms with Crippen LogP contribution < -0.4 is 15.8 Å². The maximum atomic E-state index is 11.8. The van der Waals surface area contributed by atoms with Gasteiger partial charge in [-0.15, -0.1) is 0 Å². The molecule has 7 nitrogen and oxygen atoms in total. The Bertz CT molecular complexity index is 563. The third kappa shape index (κ3) is 3.56. The molecule has 2 rings (SSSR count). The molecule has 0 unspecified atom stereocenters. The van der Waals surface area contributed by atoms with Gasteiger partial charge in [0.1, 0.15) is 5.75 Å². The van der Waals surface area contributed by atoms with Crippen LogP contribution in [0, 0.1) is 0 Å². The van der Waals surface area contributed by atoms with Crippen LogP contribution in [0.25, 0.3) is 0 Å². The summed E-state index contributed by atoms with van der Waals surface area (Å²) in [7, 11) is 0. The smallest absolute Gasteiger partial charge is 0.255 e. The van der Waals surface area contributed by atoms with Crippen molar-refractivity contribution in [3.8, 4) is 5.75 Å². The molecule has 2 aromatic rings. The second-order valence-corrected chi connectivity index (χ2v) is 3.72. The van der Waals surface area contributed by atoms with Gasteiger partial charge in [-0.1, -0.05) is 0 Å².